The van der Waals surface area contributed by atoms with Crippen LogP contribution in [0.1, 0.15) is 24.4 Å². The summed E-state index contributed by atoms with van der Waals surface area (Å²) in [5, 5.41) is 8.82. The van der Waals surface area contributed by atoms with E-state index in [2.05, 4.69) is 6.07 Å². The topological polar surface area (TPSA) is 55.0 Å². The van der Waals surface area contributed by atoms with Crippen LogP contribution in [0.3, 0.4) is 0 Å². The molecular weight excluding hydrogens is 264 g/mol. The lowest BCUT2D eigenvalue weighted by Crippen LogP contribution is -2.24. The maximum Gasteiger partial charge on any atom is 0.255 e. The molecule has 0 spiro atoms. The van der Waals surface area contributed by atoms with Crippen molar-refractivity contribution < 1.29 is 4.74 Å². The Morgan fingerprint density at radius 1 is 1.24 bits per heavy atom. The number of ether oxygens (including phenoxy) is 1. The highest BCUT2D eigenvalue weighted by Crippen LogP contribution is 2.37. The molecule has 21 heavy (non-hydrogen) atoms. The summed E-state index contributed by atoms with van der Waals surface area (Å²) in [5.74, 6) is 0.792. The van der Waals surface area contributed by atoms with Gasteiger partial charge in [-0.2, -0.15) is 5.26 Å². The van der Waals surface area contributed by atoms with Gasteiger partial charge in [-0.1, -0.05) is 6.07 Å². The summed E-state index contributed by atoms with van der Waals surface area (Å²) in [5.41, 5.74) is 2.43. The summed E-state index contributed by atoms with van der Waals surface area (Å²) in [6.07, 6.45) is 2.21. The number of aromatic nitrogens is 1. The third-order valence-electron chi connectivity index (χ3n) is 3.76. The van der Waals surface area contributed by atoms with Gasteiger partial charge in [-0.25, -0.2) is 0 Å². The van der Waals surface area contributed by atoms with E-state index in [1.54, 1.807) is 13.2 Å². The van der Waals surface area contributed by atoms with Gasteiger partial charge in [0.05, 0.1) is 25.3 Å². The second-order valence-electron chi connectivity index (χ2n) is 5.21. The lowest BCUT2D eigenvalue weighted by atomic mass is 10.1. The highest BCUT2D eigenvalue weighted by atomic mass is 16.5. The van der Waals surface area contributed by atoms with Crippen LogP contribution in [0.25, 0.3) is 11.3 Å². The van der Waals surface area contributed by atoms with Crippen LogP contribution in [-0.2, 0) is 6.42 Å². The van der Waals surface area contributed by atoms with E-state index in [1.165, 1.54) is 0 Å². The van der Waals surface area contributed by atoms with Gasteiger partial charge in [-0.05, 0) is 48.7 Å². The molecule has 0 aliphatic heterocycles. The zero-order chi connectivity index (χ0) is 14.8. The van der Waals surface area contributed by atoms with Crippen LogP contribution in [-0.4, -0.2) is 11.7 Å². The van der Waals surface area contributed by atoms with Crippen molar-refractivity contribution >= 4 is 0 Å². The van der Waals surface area contributed by atoms with Gasteiger partial charge in [0.1, 0.15) is 5.75 Å². The zero-order valence-electron chi connectivity index (χ0n) is 11.9. The molecule has 0 saturated heterocycles. The van der Waals surface area contributed by atoms with Crippen molar-refractivity contribution in [2.75, 3.05) is 7.11 Å². The lowest BCUT2D eigenvalue weighted by Gasteiger charge is -2.14. The maximum absolute atomic E-state index is 12.5. The van der Waals surface area contributed by atoms with Gasteiger partial charge >= 0.3 is 0 Å². The van der Waals surface area contributed by atoms with Crippen molar-refractivity contribution in [1.82, 2.24) is 4.57 Å². The van der Waals surface area contributed by atoms with Crippen LogP contribution in [0.2, 0.25) is 0 Å². The zero-order valence-corrected chi connectivity index (χ0v) is 11.9. The molecule has 0 atom stereocenters. The minimum atomic E-state index is -0.0348. The Kier molecular flexibility index (Phi) is 3.49. The maximum atomic E-state index is 12.5. The van der Waals surface area contributed by atoms with Gasteiger partial charge in [-0.15, -0.1) is 0 Å². The molecule has 4 nitrogen and oxygen atoms in total. The quantitative estimate of drug-likeness (QED) is 0.865. The summed E-state index contributed by atoms with van der Waals surface area (Å²) in [7, 11) is 1.63. The number of rotatable bonds is 4. The molecule has 0 amide bonds. The van der Waals surface area contributed by atoms with Crippen molar-refractivity contribution in [1.29, 1.82) is 5.26 Å². The van der Waals surface area contributed by atoms with Gasteiger partial charge in [-0.3, -0.25) is 4.79 Å². The summed E-state index contributed by atoms with van der Waals surface area (Å²) < 4.78 is 7.01. The Morgan fingerprint density at radius 3 is 2.52 bits per heavy atom. The van der Waals surface area contributed by atoms with E-state index >= 15 is 0 Å². The number of pyridine rings is 1. The first-order valence-corrected chi connectivity index (χ1v) is 7.00. The van der Waals surface area contributed by atoms with E-state index in [0.717, 1.165) is 29.8 Å². The third kappa shape index (κ3) is 2.55. The molecule has 0 N–H and O–H groups in total. The monoisotopic (exact) mass is 280 g/mol. The second kappa shape index (κ2) is 5.45. The molecule has 0 radical (unpaired) electrons. The predicted octanol–water partition coefficient (Wildman–Crippen LogP) is 2.92. The van der Waals surface area contributed by atoms with Crippen molar-refractivity contribution in [3.05, 3.63) is 52.3 Å². The summed E-state index contributed by atoms with van der Waals surface area (Å²) in [4.78, 5) is 12.5. The van der Waals surface area contributed by atoms with Gasteiger partial charge in [0.15, 0.2) is 0 Å². The SMILES string of the molecule is COc1ccc(-c2ccc(CC#N)c(=O)n2C2CC2)cc1. The Morgan fingerprint density at radius 2 is 1.95 bits per heavy atom. The smallest absolute Gasteiger partial charge is 0.255 e. The molecular formula is C17H16N2O2. The molecule has 1 aromatic heterocycles. The molecule has 1 heterocycles. The Balaban J connectivity index is 2.11. The molecule has 1 aromatic carbocycles. The summed E-state index contributed by atoms with van der Waals surface area (Å²) in [6.45, 7) is 0. The number of hydrogen-bond donors (Lipinski definition) is 0. The first kappa shape index (κ1) is 13.4. The molecule has 0 bridgehead atoms. The second-order valence-corrected chi connectivity index (χ2v) is 5.21. The van der Waals surface area contributed by atoms with Crippen LogP contribution in [0.15, 0.2) is 41.2 Å². The molecule has 1 saturated carbocycles. The molecule has 0 unspecified atom stereocenters. The van der Waals surface area contributed by atoms with Crippen molar-refractivity contribution in [2.24, 2.45) is 0 Å². The van der Waals surface area contributed by atoms with E-state index in [4.69, 9.17) is 10.00 Å². The minimum absolute atomic E-state index is 0.0348. The Bertz CT molecular complexity index is 750. The summed E-state index contributed by atoms with van der Waals surface area (Å²) in [6, 6.07) is 13.7. The fourth-order valence-electron chi connectivity index (χ4n) is 2.51. The molecule has 106 valence electrons. The van der Waals surface area contributed by atoms with E-state index in [1.807, 2.05) is 34.9 Å². The van der Waals surface area contributed by atoms with E-state index in [-0.39, 0.29) is 18.0 Å². The van der Waals surface area contributed by atoms with Gasteiger partial charge < -0.3 is 9.30 Å². The fourth-order valence-corrected chi connectivity index (χ4v) is 2.51. The van der Waals surface area contributed by atoms with Crippen LogP contribution in [0, 0.1) is 11.3 Å². The average molecular weight is 280 g/mol. The fraction of sp³-hybridized carbons (Fsp3) is 0.294. The van der Waals surface area contributed by atoms with E-state index in [0.29, 0.717) is 5.56 Å². The first-order chi connectivity index (χ1) is 10.2. The predicted molar refractivity (Wildman–Crippen MR) is 80.3 cm³/mol. The number of hydrogen-bond acceptors (Lipinski definition) is 3. The lowest BCUT2D eigenvalue weighted by molar-refractivity contribution is 0.415. The van der Waals surface area contributed by atoms with Gasteiger partial charge in [0, 0.05) is 11.6 Å². The average Bonchev–Trinajstić information content (AvgIpc) is 3.34. The van der Waals surface area contributed by atoms with E-state index in [9.17, 15) is 4.79 Å². The normalized spacial score (nSPS) is 13.7. The Hall–Kier alpha value is -2.54. The molecule has 1 fully saturated rings. The molecule has 1 aliphatic carbocycles. The minimum Gasteiger partial charge on any atom is -0.497 e. The number of benzene rings is 1. The van der Waals surface area contributed by atoms with Crippen LogP contribution in [0.4, 0.5) is 0 Å². The molecule has 1 aliphatic rings. The van der Waals surface area contributed by atoms with E-state index < -0.39 is 0 Å². The van der Waals surface area contributed by atoms with Crippen LogP contribution in [0.5, 0.6) is 5.75 Å². The standard InChI is InChI=1S/C17H16N2O2/c1-21-15-7-2-12(3-8-15)16-9-4-13(10-11-18)17(20)19(16)14-5-6-14/h2-4,7-9,14H,5-6,10H2,1H3. The van der Waals surface area contributed by atoms with Crippen molar-refractivity contribution in [3.63, 3.8) is 0 Å². The molecule has 2 aromatic rings. The van der Waals surface area contributed by atoms with Crippen LogP contribution >= 0.6 is 0 Å². The number of methoxy groups -OCH3 is 1. The molecule has 4 heteroatoms. The highest BCUT2D eigenvalue weighted by Gasteiger charge is 2.27. The van der Waals surface area contributed by atoms with Crippen molar-refractivity contribution in [2.45, 2.75) is 25.3 Å². The van der Waals surface area contributed by atoms with Crippen molar-refractivity contribution in [3.8, 4) is 23.1 Å². The summed E-state index contributed by atoms with van der Waals surface area (Å²) >= 11 is 0. The van der Waals surface area contributed by atoms with Gasteiger partial charge in [0.25, 0.3) is 5.56 Å². The van der Waals surface area contributed by atoms with Gasteiger partial charge in [0.2, 0.25) is 0 Å². The third-order valence-corrected chi connectivity index (χ3v) is 3.76. The largest absolute Gasteiger partial charge is 0.497 e. The number of nitriles is 1. The molecule has 3 rings (SSSR count). The number of nitrogens with zero attached hydrogens (tertiary/aromatic N) is 2. The van der Waals surface area contributed by atoms with Crippen LogP contribution < -0.4 is 10.3 Å². The first-order valence-electron chi connectivity index (χ1n) is 7.00. The highest BCUT2D eigenvalue weighted by molar-refractivity contribution is 5.61. The Labute approximate surface area is 123 Å².